The monoisotopic (exact) mass is 302 g/mol. The molecule has 0 bridgehead atoms. The summed E-state index contributed by atoms with van der Waals surface area (Å²) in [4.78, 5) is 25.9. The second-order valence-electron chi connectivity index (χ2n) is 5.16. The maximum atomic E-state index is 11.5. The minimum Gasteiger partial charge on any atom is -0.476 e. The van der Waals surface area contributed by atoms with Gasteiger partial charge in [-0.15, -0.1) is 0 Å². The van der Waals surface area contributed by atoms with Gasteiger partial charge < -0.3 is 19.9 Å². The van der Waals surface area contributed by atoms with Gasteiger partial charge in [-0.1, -0.05) is 11.3 Å². The molecule has 1 aromatic heterocycles. The van der Waals surface area contributed by atoms with E-state index in [0.717, 1.165) is 11.3 Å². The van der Waals surface area contributed by atoms with Crippen LogP contribution in [-0.2, 0) is 4.74 Å². The lowest BCUT2D eigenvalue weighted by Crippen LogP contribution is -2.40. The van der Waals surface area contributed by atoms with Gasteiger partial charge in [-0.3, -0.25) is 0 Å². The molecule has 0 saturated heterocycles. The van der Waals surface area contributed by atoms with Crippen molar-refractivity contribution in [3.63, 3.8) is 0 Å². The number of amides is 1. The molecule has 0 spiro atoms. The van der Waals surface area contributed by atoms with Crippen LogP contribution in [0.4, 0.5) is 4.79 Å². The van der Waals surface area contributed by atoms with Crippen LogP contribution < -0.4 is 10.1 Å². The number of hydrogen-bond acceptors (Lipinski definition) is 6. The summed E-state index contributed by atoms with van der Waals surface area (Å²) < 4.78 is 10.4. The molecule has 0 radical (unpaired) electrons. The van der Waals surface area contributed by atoms with Gasteiger partial charge in [0.05, 0.1) is 6.04 Å². The van der Waals surface area contributed by atoms with Gasteiger partial charge in [0.2, 0.25) is 0 Å². The topological polar surface area (TPSA) is 97.8 Å². The zero-order chi connectivity index (χ0) is 15.3. The van der Waals surface area contributed by atoms with Crippen molar-refractivity contribution in [1.29, 1.82) is 0 Å². The van der Waals surface area contributed by atoms with Gasteiger partial charge in [0, 0.05) is 5.38 Å². The van der Waals surface area contributed by atoms with E-state index in [2.05, 4.69) is 10.3 Å². The molecule has 7 nitrogen and oxygen atoms in total. The van der Waals surface area contributed by atoms with E-state index in [1.807, 2.05) is 0 Å². The lowest BCUT2D eigenvalue weighted by atomic mass is 10.2. The maximum absolute atomic E-state index is 11.5. The number of carbonyl (C=O) groups is 2. The number of aromatic nitrogens is 1. The molecule has 1 heterocycles. The Kier molecular flexibility index (Phi) is 5.32. The van der Waals surface area contributed by atoms with Crippen LogP contribution in [0.15, 0.2) is 5.38 Å². The van der Waals surface area contributed by atoms with Gasteiger partial charge in [0.15, 0.2) is 5.69 Å². The molecule has 8 heteroatoms. The average Bonchev–Trinajstić information content (AvgIpc) is 2.72. The number of thiazole rings is 1. The zero-order valence-electron chi connectivity index (χ0n) is 11.8. The number of carbonyl (C=O) groups excluding carboxylic acids is 1. The summed E-state index contributed by atoms with van der Waals surface area (Å²) in [5.74, 6) is -1.10. The second kappa shape index (κ2) is 6.56. The summed E-state index contributed by atoms with van der Waals surface area (Å²) in [6.07, 6.45) is -0.529. The van der Waals surface area contributed by atoms with E-state index >= 15 is 0 Å². The van der Waals surface area contributed by atoms with Crippen molar-refractivity contribution >= 4 is 23.4 Å². The molecule has 1 rings (SSSR count). The van der Waals surface area contributed by atoms with E-state index in [4.69, 9.17) is 14.6 Å². The molecule has 1 atom stereocenters. The molecular weight excluding hydrogens is 284 g/mol. The Labute approximate surface area is 120 Å². The summed E-state index contributed by atoms with van der Waals surface area (Å²) in [6, 6.07) is -0.290. The predicted octanol–water partition coefficient (Wildman–Crippen LogP) is 2.13. The lowest BCUT2D eigenvalue weighted by molar-refractivity contribution is 0.0493. The van der Waals surface area contributed by atoms with Crippen LogP contribution in [0.25, 0.3) is 0 Å². The summed E-state index contributed by atoms with van der Waals surface area (Å²) in [5, 5.41) is 13.0. The number of carboxylic acids is 1. The molecule has 0 fully saturated rings. The third-order valence-corrected chi connectivity index (χ3v) is 2.67. The predicted molar refractivity (Wildman–Crippen MR) is 73.4 cm³/mol. The van der Waals surface area contributed by atoms with E-state index in [-0.39, 0.29) is 23.5 Å². The summed E-state index contributed by atoms with van der Waals surface area (Å²) in [7, 11) is 0. The molecule has 1 amide bonds. The van der Waals surface area contributed by atoms with Crippen molar-refractivity contribution in [2.24, 2.45) is 0 Å². The molecule has 2 N–H and O–H groups in total. The molecule has 0 saturated carbocycles. The number of nitrogens with one attached hydrogen (secondary N) is 1. The molecule has 0 aromatic carbocycles. The number of nitrogens with zero attached hydrogens (tertiary/aromatic N) is 1. The van der Waals surface area contributed by atoms with Gasteiger partial charge in [-0.2, -0.15) is 4.98 Å². The van der Waals surface area contributed by atoms with Crippen LogP contribution in [-0.4, -0.2) is 40.4 Å². The number of rotatable bonds is 5. The number of hydrogen-bond donors (Lipinski definition) is 2. The molecule has 0 aliphatic carbocycles. The molecule has 0 aliphatic heterocycles. The highest BCUT2D eigenvalue weighted by Crippen LogP contribution is 2.18. The SMILES string of the molecule is CC(COc1nc(C(=O)O)cs1)NC(=O)OC(C)(C)C. The van der Waals surface area contributed by atoms with E-state index in [1.54, 1.807) is 27.7 Å². The minimum atomic E-state index is -1.10. The van der Waals surface area contributed by atoms with Gasteiger partial charge >= 0.3 is 12.1 Å². The molecule has 1 unspecified atom stereocenters. The van der Waals surface area contributed by atoms with Gasteiger partial charge in [0.25, 0.3) is 5.19 Å². The Hall–Kier alpha value is -1.83. The van der Waals surface area contributed by atoms with Crippen LogP contribution in [0.5, 0.6) is 5.19 Å². The first-order valence-electron chi connectivity index (χ1n) is 5.98. The average molecular weight is 302 g/mol. The maximum Gasteiger partial charge on any atom is 0.407 e. The molecule has 112 valence electrons. The molecule has 0 aliphatic rings. The lowest BCUT2D eigenvalue weighted by Gasteiger charge is -2.21. The molecular formula is C12H18N2O5S. The normalized spacial score (nSPS) is 12.6. The number of ether oxygens (including phenoxy) is 2. The fourth-order valence-corrected chi connectivity index (χ4v) is 1.82. The van der Waals surface area contributed by atoms with E-state index in [1.165, 1.54) is 5.38 Å². The largest absolute Gasteiger partial charge is 0.476 e. The highest BCUT2D eigenvalue weighted by atomic mass is 32.1. The first-order chi connectivity index (χ1) is 9.17. The first kappa shape index (κ1) is 16.2. The Balaban J connectivity index is 2.37. The zero-order valence-corrected chi connectivity index (χ0v) is 12.6. The van der Waals surface area contributed by atoms with E-state index < -0.39 is 17.7 Å². The Morgan fingerprint density at radius 2 is 2.15 bits per heavy atom. The van der Waals surface area contributed by atoms with Crippen LogP contribution in [0.2, 0.25) is 0 Å². The summed E-state index contributed by atoms with van der Waals surface area (Å²) in [6.45, 7) is 7.24. The number of carboxylic acid groups (broad SMARTS) is 1. The third kappa shape index (κ3) is 5.87. The Morgan fingerprint density at radius 1 is 1.50 bits per heavy atom. The van der Waals surface area contributed by atoms with Gasteiger partial charge in [0.1, 0.15) is 12.2 Å². The van der Waals surface area contributed by atoms with Crippen LogP contribution in [0.3, 0.4) is 0 Å². The van der Waals surface area contributed by atoms with Crippen LogP contribution in [0.1, 0.15) is 38.2 Å². The Morgan fingerprint density at radius 3 is 2.65 bits per heavy atom. The summed E-state index contributed by atoms with van der Waals surface area (Å²) >= 11 is 1.09. The van der Waals surface area contributed by atoms with Crippen LogP contribution in [0, 0.1) is 0 Å². The number of aromatic carboxylic acids is 1. The van der Waals surface area contributed by atoms with Crippen molar-refractivity contribution in [3.8, 4) is 5.19 Å². The standard InChI is InChI=1S/C12H18N2O5S/c1-7(13-10(17)19-12(2,3)4)5-18-11-14-8(6-20-11)9(15)16/h6-7H,5H2,1-4H3,(H,13,17)(H,15,16). The van der Waals surface area contributed by atoms with Crippen molar-refractivity contribution in [2.45, 2.75) is 39.3 Å². The fraction of sp³-hybridized carbons (Fsp3) is 0.583. The molecule has 20 heavy (non-hydrogen) atoms. The van der Waals surface area contributed by atoms with Crippen molar-refractivity contribution in [1.82, 2.24) is 10.3 Å². The third-order valence-electron chi connectivity index (χ3n) is 1.92. The van der Waals surface area contributed by atoms with E-state index in [9.17, 15) is 9.59 Å². The highest BCUT2D eigenvalue weighted by Gasteiger charge is 2.18. The number of alkyl carbamates (subject to hydrolysis) is 1. The summed E-state index contributed by atoms with van der Waals surface area (Å²) in [5.41, 5.74) is -0.617. The first-order valence-corrected chi connectivity index (χ1v) is 6.86. The van der Waals surface area contributed by atoms with Gasteiger partial charge in [-0.05, 0) is 27.7 Å². The van der Waals surface area contributed by atoms with Crippen molar-refractivity contribution < 1.29 is 24.2 Å². The second-order valence-corrected chi connectivity index (χ2v) is 5.98. The quantitative estimate of drug-likeness (QED) is 0.864. The van der Waals surface area contributed by atoms with Crippen molar-refractivity contribution in [2.75, 3.05) is 6.61 Å². The Bertz CT molecular complexity index is 480. The van der Waals surface area contributed by atoms with Crippen LogP contribution >= 0.6 is 11.3 Å². The van der Waals surface area contributed by atoms with E-state index in [0.29, 0.717) is 0 Å². The smallest absolute Gasteiger partial charge is 0.407 e. The minimum absolute atomic E-state index is 0.0576. The fourth-order valence-electron chi connectivity index (χ4n) is 1.17. The molecule has 1 aromatic rings. The van der Waals surface area contributed by atoms with Gasteiger partial charge in [-0.25, -0.2) is 9.59 Å². The van der Waals surface area contributed by atoms with Crippen molar-refractivity contribution in [3.05, 3.63) is 11.1 Å². The highest BCUT2D eigenvalue weighted by molar-refractivity contribution is 7.11.